The summed E-state index contributed by atoms with van der Waals surface area (Å²) in [5.41, 5.74) is 1.67. The third-order valence-electron chi connectivity index (χ3n) is 6.57. The molecule has 0 aliphatic carbocycles. The van der Waals surface area contributed by atoms with Crippen LogP contribution in [-0.4, -0.2) is 58.6 Å². The van der Waals surface area contributed by atoms with E-state index in [-0.39, 0.29) is 29.3 Å². The molecule has 5 rings (SSSR count). The van der Waals surface area contributed by atoms with Crippen LogP contribution in [0.3, 0.4) is 0 Å². The second-order valence-electron chi connectivity index (χ2n) is 8.55. The van der Waals surface area contributed by atoms with Gasteiger partial charge >= 0.3 is 6.18 Å². The van der Waals surface area contributed by atoms with E-state index in [1.54, 1.807) is 39.6 Å². The molecule has 10 heteroatoms. The van der Waals surface area contributed by atoms with Crippen molar-refractivity contribution in [1.29, 1.82) is 0 Å². The van der Waals surface area contributed by atoms with Gasteiger partial charge in [-0.1, -0.05) is 18.7 Å². The van der Waals surface area contributed by atoms with Crippen LogP contribution in [0.4, 0.5) is 18.9 Å². The average Bonchev–Trinajstić information content (AvgIpc) is 3.50. The Bertz CT molecular complexity index is 1220. The predicted molar refractivity (Wildman–Crippen MR) is 118 cm³/mol. The monoisotopic (exact) mass is 456 g/mol. The molecule has 2 atom stereocenters. The lowest BCUT2D eigenvalue weighted by molar-refractivity contribution is -0.137. The van der Waals surface area contributed by atoms with Gasteiger partial charge in [-0.25, -0.2) is 0 Å². The van der Waals surface area contributed by atoms with Gasteiger partial charge in [0.15, 0.2) is 5.65 Å². The Morgan fingerprint density at radius 1 is 1.06 bits per heavy atom. The molecule has 3 aromatic rings. The number of nitrogens with one attached hydrogen (secondary N) is 1. The molecule has 2 fully saturated rings. The number of hydrogen-bond donors (Lipinski definition) is 1. The number of halogens is 3. The van der Waals surface area contributed by atoms with Crippen molar-refractivity contribution in [3.8, 4) is 0 Å². The number of alkyl halides is 3. The Morgan fingerprint density at radius 3 is 2.42 bits per heavy atom. The van der Waals surface area contributed by atoms with Crippen LogP contribution >= 0.6 is 0 Å². The van der Waals surface area contributed by atoms with E-state index in [2.05, 4.69) is 22.1 Å². The first-order valence-corrected chi connectivity index (χ1v) is 10.7. The fourth-order valence-electron chi connectivity index (χ4n) is 4.85. The molecule has 1 N–H and O–H groups in total. The molecule has 0 saturated carbocycles. The maximum Gasteiger partial charge on any atom is 0.418 e. The van der Waals surface area contributed by atoms with Crippen molar-refractivity contribution in [2.45, 2.75) is 6.18 Å². The predicted octanol–water partition coefficient (Wildman–Crippen LogP) is 3.15. The number of carbonyl (C=O) groups is 1. The van der Waals surface area contributed by atoms with Gasteiger partial charge in [0.1, 0.15) is 0 Å². The first kappa shape index (κ1) is 21.3. The molecular weight excluding hydrogens is 433 g/mol. The zero-order chi connectivity index (χ0) is 23.3. The van der Waals surface area contributed by atoms with Crippen LogP contribution in [0.2, 0.25) is 0 Å². The normalized spacial score (nSPS) is 20.4. The highest BCUT2D eigenvalue weighted by Gasteiger charge is 2.44. The third-order valence-corrected chi connectivity index (χ3v) is 6.57. The van der Waals surface area contributed by atoms with Crippen LogP contribution in [-0.2, 0) is 6.18 Å². The SMILES string of the molecule is C=C(NC)c1ccc2nnc(C(=O)N3C[C@@H]4CN(c5ccccc5C(F)(F)F)C[C@@H]4C3)n2c1. The summed E-state index contributed by atoms with van der Waals surface area (Å²) >= 11 is 0. The number of aromatic nitrogens is 3. The molecule has 2 aliphatic rings. The van der Waals surface area contributed by atoms with Crippen LogP contribution < -0.4 is 10.2 Å². The van der Waals surface area contributed by atoms with E-state index in [1.165, 1.54) is 12.1 Å². The second-order valence-corrected chi connectivity index (χ2v) is 8.55. The van der Waals surface area contributed by atoms with Crippen LogP contribution in [0.15, 0.2) is 49.2 Å². The number of amides is 1. The summed E-state index contributed by atoms with van der Waals surface area (Å²) in [6, 6.07) is 9.30. The number of hydrogen-bond acceptors (Lipinski definition) is 5. The van der Waals surface area contributed by atoms with Gasteiger partial charge in [0.25, 0.3) is 5.91 Å². The number of benzene rings is 1. The van der Waals surface area contributed by atoms with E-state index in [1.807, 2.05) is 6.07 Å². The Hall–Kier alpha value is -3.56. The fraction of sp³-hybridized carbons (Fsp3) is 0.348. The minimum atomic E-state index is -4.40. The molecule has 1 aromatic carbocycles. The zero-order valence-corrected chi connectivity index (χ0v) is 18.0. The van der Waals surface area contributed by atoms with Gasteiger partial charge < -0.3 is 15.1 Å². The van der Waals surface area contributed by atoms with Crippen molar-refractivity contribution in [2.24, 2.45) is 11.8 Å². The van der Waals surface area contributed by atoms with Gasteiger partial charge in [-0.05, 0) is 24.3 Å². The smallest absolute Gasteiger partial charge is 0.388 e. The highest BCUT2D eigenvalue weighted by Crippen LogP contribution is 2.40. The lowest BCUT2D eigenvalue weighted by Crippen LogP contribution is -2.34. The standard InChI is InChI=1S/C23H23F3N6O/c1-14(27-2)15-7-8-20-28-29-21(32(20)13-15)22(33)31-11-16-9-30(10-17(16)12-31)19-6-4-3-5-18(19)23(24,25)26/h3-8,13,16-17,27H,1,9-12H2,2H3/t16-,17+. The third kappa shape index (κ3) is 3.69. The molecule has 0 radical (unpaired) electrons. The van der Waals surface area contributed by atoms with E-state index in [9.17, 15) is 18.0 Å². The van der Waals surface area contributed by atoms with Gasteiger partial charge in [-0.2, -0.15) is 13.2 Å². The highest BCUT2D eigenvalue weighted by molar-refractivity contribution is 5.91. The molecule has 2 aromatic heterocycles. The van der Waals surface area contributed by atoms with Crippen molar-refractivity contribution in [1.82, 2.24) is 24.8 Å². The number of anilines is 1. The van der Waals surface area contributed by atoms with Crippen molar-refractivity contribution < 1.29 is 18.0 Å². The van der Waals surface area contributed by atoms with E-state index >= 15 is 0 Å². The number of nitrogens with zero attached hydrogens (tertiary/aromatic N) is 5. The maximum absolute atomic E-state index is 13.4. The molecule has 172 valence electrons. The summed E-state index contributed by atoms with van der Waals surface area (Å²) in [6.07, 6.45) is -2.63. The molecule has 1 amide bonds. The van der Waals surface area contributed by atoms with Crippen molar-refractivity contribution in [3.05, 3.63) is 66.1 Å². The van der Waals surface area contributed by atoms with Crippen molar-refractivity contribution >= 4 is 22.9 Å². The first-order valence-electron chi connectivity index (χ1n) is 10.7. The summed E-state index contributed by atoms with van der Waals surface area (Å²) in [4.78, 5) is 16.8. The van der Waals surface area contributed by atoms with E-state index in [0.29, 0.717) is 37.5 Å². The zero-order valence-electron chi connectivity index (χ0n) is 18.0. The van der Waals surface area contributed by atoms with E-state index < -0.39 is 11.7 Å². The number of carbonyl (C=O) groups excluding carboxylic acids is 1. The number of pyridine rings is 1. The molecule has 0 bridgehead atoms. The summed E-state index contributed by atoms with van der Waals surface area (Å²) in [5, 5.41) is 11.2. The summed E-state index contributed by atoms with van der Waals surface area (Å²) in [7, 11) is 1.77. The Labute approximate surface area is 188 Å². The van der Waals surface area contributed by atoms with E-state index in [0.717, 1.165) is 11.6 Å². The summed E-state index contributed by atoms with van der Waals surface area (Å²) in [5.74, 6) is 0.199. The van der Waals surface area contributed by atoms with Crippen LogP contribution in [0, 0.1) is 11.8 Å². The molecule has 0 unspecified atom stereocenters. The van der Waals surface area contributed by atoms with Gasteiger partial charge in [0, 0.05) is 68.2 Å². The Morgan fingerprint density at radius 2 is 1.76 bits per heavy atom. The van der Waals surface area contributed by atoms with E-state index in [4.69, 9.17) is 0 Å². The summed E-state index contributed by atoms with van der Waals surface area (Å²) in [6.45, 7) is 5.86. The molecule has 2 aliphatic heterocycles. The molecule has 33 heavy (non-hydrogen) atoms. The first-order chi connectivity index (χ1) is 15.8. The van der Waals surface area contributed by atoms with Crippen LogP contribution in [0.1, 0.15) is 21.7 Å². The quantitative estimate of drug-likeness (QED) is 0.654. The van der Waals surface area contributed by atoms with Crippen LogP contribution in [0.25, 0.3) is 11.3 Å². The lowest BCUT2D eigenvalue weighted by atomic mass is 10.0. The number of para-hydroxylation sites is 1. The van der Waals surface area contributed by atoms with Gasteiger partial charge in [-0.15, -0.1) is 10.2 Å². The largest absolute Gasteiger partial charge is 0.418 e. The van der Waals surface area contributed by atoms with Crippen LogP contribution in [0.5, 0.6) is 0 Å². The molecule has 2 saturated heterocycles. The minimum Gasteiger partial charge on any atom is -0.388 e. The second kappa shape index (κ2) is 7.79. The highest BCUT2D eigenvalue weighted by atomic mass is 19.4. The van der Waals surface area contributed by atoms with Gasteiger partial charge in [0.2, 0.25) is 5.82 Å². The molecule has 4 heterocycles. The molecule has 0 spiro atoms. The van der Waals surface area contributed by atoms with Gasteiger partial charge in [0.05, 0.1) is 5.56 Å². The number of likely N-dealkylation sites (tertiary alicyclic amines) is 1. The average molecular weight is 456 g/mol. The molecule has 7 nitrogen and oxygen atoms in total. The Kier molecular flexibility index (Phi) is 5.02. The Balaban J connectivity index is 1.33. The number of fused-ring (bicyclic) bond motifs is 2. The van der Waals surface area contributed by atoms with Gasteiger partial charge in [-0.3, -0.25) is 9.20 Å². The minimum absolute atomic E-state index is 0.106. The topological polar surface area (TPSA) is 65.8 Å². The maximum atomic E-state index is 13.4. The van der Waals surface area contributed by atoms with Crippen molar-refractivity contribution in [2.75, 3.05) is 38.1 Å². The summed E-state index contributed by atoms with van der Waals surface area (Å²) < 4.78 is 42.0. The lowest BCUT2D eigenvalue weighted by Gasteiger charge is -2.25. The fourth-order valence-corrected chi connectivity index (χ4v) is 4.85. The molecular formula is C23H23F3N6O. The number of rotatable bonds is 4. The van der Waals surface area contributed by atoms with Crippen molar-refractivity contribution in [3.63, 3.8) is 0 Å².